The first-order valence-electron chi connectivity index (χ1n) is 6.20. The van der Waals surface area contributed by atoms with Crippen LogP contribution in [0.3, 0.4) is 0 Å². The Labute approximate surface area is 119 Å². The summed E-state index contributed by atoms with van der Waals surface area (Å²) in [6, 6.07) is 11.7. The van der Waals surface area contributed by atoms with Gasteiger partial charge < -0.3 is 10.6 Å². The third-order valence-electron chi connectivity index (χ3n) is 3.27. The van der Waals surface area contributed by atoms with E-state index >= 15 is 0 Å². The maximum absolute atomic E-state index is 12.6. The van der Waals surface area contributed by atoms with Crippen LogP contribution in [0.2, 0.25) is 0 Å². The molecule has 1 aliphatic carbocycles. The maximum Gasteiger partial charge on any atom is 0.196 e. The molecule has 7 heteroatoms. The zero-order chi connectivity index (χ0) is 14.8. The van der Waals surface area contributed by atoms with Gasteiger partial charge in [0, 0.05) is 16.7 Å². The van der Waals surface area contributed by atoms with Crippen molar-refractivity contribution in [3.8, 4) is 0 Å². The lowest BCUT2D eigenvalue weighted by Crippen LogP contribution is -2.45. The third-order valence-corrected chi connectivity index (χ3v) is 3.27. The van der Waals surface area contributed by atoms with E-state index in [9.17, 15) is 9.59 Å². The van der Waals surface area contributed by atoms with Gasteiger partial charge in [-0.15, -0.1) is 5.59 Å². The van der Waals surface area contributed by atoms with Crippen molar-refractivity contribution in [2.24, 2.45) is 0 Å². The summed E-state index contributed by atoms with van der Waals surface area (Å²) in [7, 11) is 0. The van der Waals surface area contributed by atoms with Crippen molar-refractivity contribution in [3.05, 3.63) is 64.7 Å². The molecule has 0 heterocycles. The lowest BCUT2D eigenvalue weighted by atomic mass is 9.83. The van der Waals surface area contributed by atoms with Gasteiger partial charge in [0.25, 0.3) is 0 Å². The van der Waals surface area contributed by atoms with Gasteiger partial charge in [-0.1, -0.05) is 36.4 Å². The first kappa shape index (κ1) is 13.4. The molecule has 5 N–H and O–H groups in total. The van der Waals surface area contributed by atoms with Crippen LogP contribution in [0.15, 0.2) is 42.5 Å². The van der Waals surface area contributed by atoms with E-state index in [1.807, 2.05) is 0 Å². The number of anilines is 1. The Morgan fingerprint density at radius 2 is 1.43 bits per heavy atom. The Bertz CT molecular complexity index is 730. The minimum Gasteiger partial charge on any atom is -0.306 e. The molecule has 3 rings (SSSR count). The summed E-state index contributed by atoms with van der Waals surface area (Å²) in [5.41, 5.74) is 10.9. The highest BCUT2D eigenvalue weighted by molar-refractivity contribution is 6.30. The first-order valence-corrected chi connectivity index (χ1v) is 6.20. The van der Waals surface area contributed by atoms with Crippen molar-refractivity contribution in [1.29, 1.82) is 0 Å². The summed E-state index contributed by atoms with van der Waals surface area (Å²) in [6.45, 7) is 0. The summed E-state index contributed by atoms with van der Waals surface area (Å²) >= 11 is 0. The minimum atomic E-state index is -0.220. The normalized spacial score (nSPS) is 12.8. The molecule has 0 aliphatic heterocycles. The van der Waals surface area contributed by atoms with E-state index in [-0.39, 0.29) is 11.6 Å². The SMILES string of the molecule is O=C1c2ccccc2C(=O)c2c(NNNNO)cccc21. The molecule has 106 valence electrons. The molecule has 0 spiro atoms. The zero-order valence-corrected chi connectivity index (χ0v) is 10.8. The molecule has 0 atom stereocenters. The summed E-state index contributed by atoms with van der Waals surface area (Å²) < 4.78 is 0. The first-order chi connectivity index (χ1) is 10.2. The van der Waals surface area contributed by atoms with Crippen molar-refractivity contribution in [2.75, 3.05) is 5.43 Å². The number of rotatable bonds is 4. The summed E-state index contributed by atoms with van der Waals surface area (Å²) in [5, 5.41) is 8.42. The van der Waals surface area contributed by atoms with Gasteiger partial charge >= 0.3 is 0 Å². The zero-order valence-electron chi connectivity index (χ0n) is 10.8. The topological polar surface area (TPSA) is 102 Å². The standard InChI is InChI=1S/C14H12N4O3/c19-13-8-4-1-2-5-9(8)14(20)12-10(13)6-3-7-11(12)15-16-17-18-21/h1-7,15-18,21H. The molecule has 0 amide bonds. The smallest absolute Gasteiger partial charge is 0.196 e. The molecular formula is C14H12N4O3. The lowest BCUT2D eigenvalue weighted by molar-refractivity contribution is 0.0978. The van der Waals surface area contributed by atoms with Crippen molar-refractivity contribution < 1.29 is 14.8 Å². The van der Waals surface area contributed by atoms with Crippen LogP contribution in [0.25, 0.3) is 0 Å². The van der Waals surface area contributed by atoms with E-state index in [1.165, 1.54) is 0 Å². The molecule has 2 aromatic rings. The van der Waals surface area contributed by atoms with Crippen molar-refractivity contribution >= 4 is 17.3 Å². The Hall–Kier alpha value is -2.58. The summed E-state index contributed by atoms with van der Waals surface area (Å²) in [4.78, 5) is 25.1. The highest BCUT2D eigenvalue weighted by Gasteiger charge is 2.31. The molecule has 2 aromatic carbocycles. The van der Waals surface area contributed by atoms with Gasteiger partial charge in [0.05, 0.1) is 11.3 Å². The quantitative estimate of drug-likeness (QED) is 0.356. The molecule has 0 bridgehead atoms. The molecule has 7 nitrogen and oxygen atoms in total. The van der Waals surface area contributed by atoms with Gasteiger partial charge in [0.1, 0.15) is 0 Å². The average molecular weight is 284 g/mol. The van der Waals surface area contributed by atoms with Crippen LogP contribution in [0.4, 0.5) is 5.69 Å². The van der Waals surface area contributed by atoms with Gasteiger partial charge in [-0.3, -0.25) is 9.59 Å². The maximum atomic E-state index is 12.6. The fourth-order valence-electron chi connectivity index (χ4n) is 2.38. The number of fused-ring (bicyclic) bond motifs is 2. The van der Waals surface area contributed by atoms with Gasteiger partial charge in [0.15, 0.2) is 11.6 Å². The summed E-state index contributed by atoms with van der Waals surface area (Å²) in [5.74, 6) is -0.404. The van der Waals surface area contributed by atoms with Crippen LogP contribution in [0.5, 0.6) is 0 Å². The van der Waals surface area contributed by atoms with E-state index in [2.05, 4.69) is 16.5 Å². The number of hydrogen-bond acceptors (Lipinski definition) is 7. The predicted octanol–water partition coefficient (Wildman–Crippen LogP) is 0.777. The number of nitrogens with one attached hydrogen (secondary N) is 4. The van der Waals surface area contributed by atoms with E-state index in [0.717, 1.165) is 0 Å². The monoisotopic (exact) mass is 284 g/mol. The Morgan fingerprint density at radius 1 is 0.762 bits per heavy atom. The van der Waals surface area contributed by atoms with Crippen LogP contribution in [0.1, 0.15) is 31.8 Å². The highest BCUT2D eigenvalue weighted by Crippen LogP contribution is 2.31. The molecule has 0 saturated carbocycles. The van der Waals surface area contributed by atoms with Crippen molar-refractivity contribution in [1.82, 2.24) is 16.7 Å². The van der Waals surface area contributed by atoms with E-state index in [0.29, 0.717) is 27.9 Å². The molecule has 1 aliphatic rings. The largest absolute Gasteiger partial charge is 0.306 e. The molecule has 0 saturated heterocycles. The number of hydrogen-bond donors (Lipinski definition) is 5. The third kappa shape index (κ3) is 2.20. The van der Waals surface area contributed by atoms with Gasteiger partial charge in [-0.05, 0) is 6.07 Å². The Kier molecular flexibility index (Phi) is 3.46. The van der Waals surface area contributed by atoms with Gasteiger partial charge in [-0.2, -0.15) is 11.1 Å². The second-order valence-corrected chi connectivity index (χ2v) is 4.42. The number of carbonyl (C=O) groups excluding carboxylic acids is 2. The van der Waals surface area contributed by atoms with Crippen LogP contribution in [-0.4, -0.2) is 16.8 Å². The molecule has 0 unspecified atom stereocenters. The lowest BCUT2D eigenvalue weighted by Gasteiger charge is -2.20. The molecule has 0 fully saturated rings. The number of hydrazine groups is 3. The van der Waals surface area contributed by atoms with E-state index in [4.69, 9.17) is 5.21 Å². The van der Waals surface area contributed by atoms with Crippen LogP contribution in [-0.2, 0) is 0 Å². The van der Waals surface area contributed by atoms with Gasteiger partial charge in [-0.25, -0.2) is 0 Å². The molecule has 0 radical (unpaired) electrons. The predicted molar refractivity (Wildman–Crippen MR) is 74.6 cm³/mol. The van der Waals surface area contributed by atoms with E-state index in [1.54, 1.807) is 48.1 Å². The minimum absolute atomic E-state index is 0.183. The Morgan fingerprint density at radius 3 is 2.14 bits per heavy atom. The fourth-order valence-corrected chi connectivity index (χ4v) is 2.38. The summed E-state index contributed by atoms with van der Waals surface area (Å²) in [6.07, 6.45) is 0. The molecule has 21 heavy (non-hydrogen) atoms. The number of benzene rings is 2. The molecular weight excluding hydrogens is 272 g/mol. The average Bonchev–Trinajstić information content (AvgIpc) is 2.53. The number of ketones is 2. The highest BCUT2D eigenvalue weighted by atomic mass is 16.5. The number of carbonyl (C=O) groups is 2. The van der Waals surface area contributed by atoms with Gasteiger partial charge in [0.2, 0.25) is 0 Å². The van der Waals surface area contributed by atoms with Crippen LogP contribution < -0.4 is 22.1 Å². The molecule has 0 aromatic heterocycles. The van der Waals surface area contributed by atoms with Crippen molar-refractivity contribution in [3.63, 3.8) is 0 Å². The second-order valence-electron chi connectivity index (χ2n) is 4.42. The van der Waals surface area contributed by atoms with Crippen LogP contribution >= 0.6 is 0 Å². The van der Waals surface area contributed by atoms with Crippen molar-refractivity contribution in [2.45, 2.75) is 0 Å². The fraction of sp³-hybridized carbons (Fsp3) is 0. The second kappa shape index (κ2) is 5.43. The Balaban J connectivity index is 2.08. The van der Waals surface area contributed by atoms with E-state index < -0.39 is 0 Å². The van der Waals surface area contributed by atoms with Crippen LogP contribution in [0, 0.1) is 0 Å².